The quantitative estimate of drug-likeness (QED) is 0.822. The molecular formula is C19H30N4O2. The number of hydrogen-bond acceptors (Lipinski definition) is 5. The highest BCUT2D eigenvalue weighted by atomic mass is 16.5. The lowest BCUT2D eigenvalue weighted by atomic mass is 9.79. The number of hydrogen-bond donors (Lipinski definition) is 2. The van der Waals surface area contributed by atoms with Crippen molar-refractivity contribution in [3.63, 3.8) is 0 Å². The molecule has 0 spiro atoms. The van der Waals surface area contributed by atoms with Crippen molar-refractivity contribution in [2.24, 2.45) is 5.41 Å². The Morgan fingerprint density at radius 3 is 2.80 bits per heavy atom. The zero-order valence-corrected chi connectivity index (χ0v) is 15.2. The SMILES string of the molecule is COCC1(CNC(=O)c2cccnc2N2CCCCC2)CCNCC1. The number of piperidine rings is 2. The minimum absolute atomic E-state index is 0.0253. The van der Waals surface area contributed by atoms with Gasteiger partial charge in [0.1, 0.15) is 5.82 Å². The molecule has 0 atom stereocenters. The minimum atomic E-state index is -0.0253. The average Bonchev–Trinajstić information content (AvgIpc) is 2.68. The van der Waals surface area contributed by atoms with Crippen molar-refractivity contribution in [3.8, 4) is 0 Å². The molecule has 2 aliphatic heterocycles. The van der Waals surface area contributed by atoms with Crippen molar-refractivity contribution in [1.29, 1.82) is 0 Å². The van der Waals surface area contributed by atoms with Gasteiger partial charge in [0, 0.05) is 38.4 Å². The molecule has 0 radical (unpaired) electrons. The molecule has 0 unspecified atom stereocenters. The Morgan fingerprint density at radius 1 is 1.32 bits per heavy atom. The zero-order valence-electron chi connectivity index (χ0n) is 15.2. The number of amides is 1. The van der Waals surface area contributed by atoms with E-state index in [1.54, 1.807) is 13.3 Å². The maximum absolute atomic E-state index is 12.9. The predicted molar refractivity (Wildman–Crippen MR) is 99.0 cm³/mol. The minimum Gasteiger partial charge on any atom is -0.384 e. The Bertz CT molecular complexity index is 561. The summed E-state index contributed by atoms with van der Waals surface area (Å²) in [4.78, 5) is 19.6. The number of anilines is 1. The highest BCUT2D eigenvalue weighted by molar-refractivity contribution is 5.98. The molecule has 1 aromatic heterocycles. The van der Waals surface area contributed by atoms with Crippen LogP contribution in [-0.2, 0) is 4.74 Å². The summed E-state index contributed by atoms with van der Waals surface area (Å²) < 4.78 is 5.44. The van der Waals surface area contributed by atoms with E-state index in [9.17, 15) is 4.79 Å². The summed E-state index contributed by atoms with van der Waals surface area (Å²) in [5, 5.41) is 6.54. The van der Waals surface area contributed by atoms with Crippen LogP contribution in [0.3, 0.4) is 0 Å². The van der Waals surface area contributed by atoms with Crippen molar-refractivity contribution in [2.45, 2.75) is 32.1 Å². The average molecular weight is 346 g/mol. The summed E-state index contributed by atoms with van der Waals surface area (Å²) in [5.74, 6) is 0.800. The third-order valence-electron chi connectivity index (χ3n) is 5.43. The fourth-order valence-corrected chi connectivity index (χ4v) is 3.93. The Morgan fingerprint density at radius 2 is 2.08 bits per heavy atom. The van der Waals surface area contributed by atoms with Gasteiger partial charge in [0.25, 0.3) is 5.91 Å². The van der Waals surface area contributed by atoms with E-state index in [1.807, 2.05) is 12.1 Å². The standard InChI is InChI=1S/C19H30N4O2/c1-25-15-19(7-10-20-11-8-19)14-22-18(24)16-6-5-9-21-17(16)23-12-3-2-4-13-23/h5-6,9,20H,2-4,7-8,10-15H2,1H3,(H,22,24). The molecule has 6 heteroatoms. The molecule has 0 saturated carbocycles. The van der Waals surface area contributed by atoms with Gasteiger partial charge in [-0.2, -0.15) is 0 Å². The van der Waals surface area contributed by atoms with Crippen LogP contribution < -0.4 is 15.5 Å². The van der Waals surface area contributed by atoms with Crippen molar-refractivity contribution in [1.82, 2.24) is 15.6 Å². The van der Waals surface area contributed by atoms with Gasteiger partial charge in [-0.25, -0.2) is 4.98 Å². The van der Waals surface area contributed by atoms with Gasteiger partial charge in [-0.1, -0.05) is 0 Å². The van der Waals surface area contributed by atoms with Gasteiger partial charge in [0.15, 0.2) is 0 Å². The molecule has 0 bridgehead atoms. The maximum Gasteiger partial charge on any atom is 0.255 e. The highest BCUT2D eigenvalue weighted by Crippen LogP contribution is 2.29. The van der Waals surface area contributed by atoms with Crippen LogP contribution >= 0.6 is 0 Å². The molecule has 3 rings (SSSR count). The second kappa shape index (κ2) is 8.63. The van der Waals surface area contributed by atoms with E-state index in [4.69, 9.17) is 4.74 Å². The monoisotopic (exact) mass is 346 g/mol. The topological polar surface area (TPSA) is 66.5 Å². The number of aromatic nitrogens is 1. The van der Waals surface area contributed by atoms with Gasteiger partial charge in [0.05, 0.1) is 12.2 Å². The second-order valence-corrected chi connectivity index (χ2v) is 7.29. The molecule has 1 amide bonds. The highest BCUT2D eigenvalue weighted by Gasteiger charge is 2.33. The first-order valence-corrected chi connectivity index (χ1v) is 9.42. The van der Waals surface area contributed by atoms with Gasteiger partial charge in [0.2, 0.25) is 0 Å². The molecule has 1 aromatic rings. The van der Waals surface area contributed by atoms with Crippen LogP contribution in [0.1, 0.15) is 42.5 Å². The normalized spacial score (nSPS) is 20.3. The Hall–Kier alpha value is -1.66. The van der Waals surface area contributed by atoms with Gasteiger partial charge in [-0.15, -0.1) is 0 Å². The second-order valence-electron chi connectivity index (χ2n) is 7.29. The molecule has 138 valence electrons. The van der Waals surface area contributed by atoms with E-state index in [-0.39, 0.29) is 11.3 Å². The Balaban J connectivity index is 1.68. The van der Waals surface area contributed by atoms with E-state index >= 15 is 0 Å². The van der Waals surface area contributed by atoms with E-state index in [2.05, 4.69) is 20.5 Å². The lowest BCUT2D eigenvalue weighted by molar-refractivity contribution is 0.0512. The third kappa shape index (κ3) is 4.50. The van der Waals surface area contributed by atoms with Crippen LogP contribution in [-0.4, -0.2) is 57.3 Å². The number of pyridine rings is 1. The van der Waals surface area contributed by atoms with Crippen molar-refractivity contribution >= 4 is 11.7 Å². The van der Waals surface area contributed by atoms with Crippen LogP contribution in [0, 0.1) is 5.41 Å². The molecule has 3 heterocycles. The van der Waals surface area contributed by atoms with Crippen molar-refractivity contribution in [2.75, 3.05) is 51.3 Å². The number of nitrogens with one attached hydrogen (secondary N) is 2. The third-order valence-corrected chi connectivity index (χ3v) is 5.43. The summed E-state index contributed by atoms with van der Waals surface area (Å²) in [7, 11) is 1.74. The number of nitrogens with zero attached hydrogens (tertiary/aromatic N) is 2. The number of carbonyl (C=O) groups is 1. The van der Waals surface area contributed by atoms with Gasteiger partial charge in [-0.3, -0.25) is 4.79 Å². The number of methoxy groups -OCH3 is 1. The van der Waals surface area contributed by atoms with E-state index in [0.717, 1.165) is 44.8 Å². The molecule has 2 fully saturated rings. The predicted octanol–water partition coefficient (Wildman–Crippen LogP) is 1.82. The summed E-state index contributed by atoms with van der Waals surface area (Å²) in [5.41, 5.74) is 0.717. The van der Waals surface area contributed by atoms with Crippen LogP contribution in [0.15, 0.2) is 18.3 Å². The van der Waals surface area contributed by atoms with Crippen LogP contribution in [0.25, 0.3) is 0 Å². The molecule has 6 nitrogen and oxygen atoms in total. The van der Waals surface area contributed by atoms with Gasteiger partial charge < -0.3 is 20.3 Å². The summed E-state index contributed by atoms with van der Waals surface area (Å²) in [6.45, 7) is 5.25. The van der Waals surface area contributed by atoms with Crippen LogP contribution in [0.4, 0.5) is 5.82 Å². The number of carbonyl (C=O) groups excluding carboxylic acids is 1. The first kappa shape index (κ1) is 18.1. The Labute approximate surface area is 150 Å². The van der Waals surface area contributed by atoms with Crippen LogP contribution in [0.2, 0.25) is 0 Å². The first-order chi connectivity index (χ1) is 12.2. The van der Waals surface area contributed by atoms with E-state index < -0.39 is 0 Å². The van der Waals surface area contributed by atoms with E-state index in [0.29, 0.717) is 18.7 Å². The number of rotatable bonds is 6. The largest absolute Gasteiger partial charge is 0.384 e. The smallest absolute Gasteiger partial charge is 0.255 e. The molecule has 25 heavy (non-hydrogen) atoms. The number of ether oxygens (including phenoxy) is 1. The fraction of sp³-hybridized carbons (Fsp3) is 0.684. The summed E-state index contributed by atoms with van der Waals surface area (Å²) >= 11 is 0. The summed E-state index contributed by atoms with van der Waals surface area (Å²) in [6, 6.07) is 3.73. The Kier molecular flexibility index (Phi) is 6.26. The van der Waals surface area contributed by atoms with Crippen molar-refractivity contribution < 1.29 is 9.53 Å². The molecule has 0 aliphatic carbocycles. The zero-order chi connectivity index (χ0) is 17.5. The van der Waals surface area contributed by atoms with Gasteiger partial charge in [-0.05, 0) is 57.3 Å². The lowest BCUT2D eigenvalue weighted by Gasteiger charge is -2.37. The van der Waals surface area contributed by atoms with E-state index in [1.165, 1.54) is 19.3 Å². The fourth-order valence-electron chi connectivity index (χ4n) is 3.93. The first-order valence-electron chi connectivity index (χ1n) is 9.42. The molecule has 2 saturated heterocycles. The summed E-state index contributed by atoms with van der Waals surface area (Å²) in [6.07, 6.45) is 7.42. The van der Waals surface area contributed by atoms with Crippen molar-refractivity contribution in [3.05, 3.63) is 23.9 Å². The van der Waals surface area contributed by atoms with Crippen LogP contribution in [0.5, 0.6) is 0 Å². The maximum atomic E-state index is 12.9. The van der Waals surface area contributed by atoms with Gasteiger partial charge >= 0.3 is 0 Å². The molecule has 0 aromatic carbocycles. The lowest BCUT2D eigenvalue weighted by Crippen LogP contribution is -2.47. The molecule has 2 N–H and O–H groups in total. The molecule has 2 aliphatic rings. The molecular weight excluding hydrogens is 316 g/mol.